The summed E-state index contributed by atoms with van der Waals surface area (Å²) in [6.45, 7) is 7.33. The smallest absolute Gasteiger partial charge is 0.326 e. The van der Waals surface area contributed by atoms with Gasteiger partial charge in [-0.3, -0.25) is 19.2 Å². The predicted molar refractivity (Wildman–Crippen MR) is 117 cm³/mol. The fourth-order valence-electron chi connectivity index (χ4n) is 3.59. The van der Waals surface area contributed by atoms with Gasteiger partial charge in [0.05, 0.1) is 6.04 Å². The predicted octanol–water partition coefficient (Wildman–Crippen LogP) is -0.673. The zero-order valence-corrected chi connectivity index (χ0v) is 19.3. The Morgan fingerprint density at radius 3 is 2.25 bits per heavy atom. The number of hydrogen-bond donors (Lipinski definition) is 5. The second-order valence-electron chi connectivity index (χ2n) is 8.74. The molecule has 1 aliphatic rings. The van der Waals surface area contributed by atoms with Crippen LogP contribution in [-0.4, -0.2) is 70.3 Å². The van der Waals surface area contributed by atoms with Crippen molar-refractivity contribution in [3.63, 3.8) is 0 Å². The standard InChI is InChI=1S/C21H37N5O6/c1-5-12(4)16(23)19(29)24-13(8-9-15(22)27)20(30)26-10-6-7-14(26)18(28)25-17(11(2)3)21(31)32/h11-14,16-17H,5-10,23H2,1-4H3,(H2,22,27)(H,24,29)(H,25,28)(H,31,32). The van der Waals surface area contributed by atoms with Gasteiger partial charge in [-0.05, 0) is 31.1 Å². The lowest BCUT2D eigenvalue weighted by molar-refractivity contribution is -0.146. The quantitative estimate of drug-likeness (QED) is 0.258. The molecule has 11 nitrogen and oxygen atoms in total. The van der Waals surface area contributed by atoms with Gasteiger partial charge in [-0.2, -0.15) is 0 Å². The van der Waals surface area contributed by atoms with E-state index in [4.69, 9.17) is 11.5 Å². The Bertz CT molecular complexity index is 713. The van der Waals surface area contributed by atoms with Crippen LogP contribution in [0.25, 0.3) is 0 Å². The SMILES string of the molecule is CCC(C)C(N)C(=O)NC(CCC(N)=O)C(=O)N1CCCC1C(=O)NC(C(=O)O)C(C)C. The molecule has 1 fully saturated rings. The molecule has 11 heteroatoms. The zero-order chi connectivity index (χ0) is 24.6. The van der Waals surface area contributed by atoms with Crippen LogP contribution in [0.4, 0.5) is 0 Å². The minimum absolute atomic E-state index is 0.0261. The number of nitrogens with two attached hydrogens (primary N) is 2. The highest BCUT2D eigenvalue weighted by atomic mass is 16.4. The average molecular weight is 456 g/mol. The van der Waals surface area contributed by atoms with Crippen LogP contribution in [0, 0.1) is 11.8 Å². The number of primary amides is 1. The Morgan fingerprint density at radius 1 is 1.12 bits per heavy atom. The van der Waals surface area contributed by atoms with Crippen molar-refractivity contribution in [3.8, 4) is 0 Å². The number of nitrogens with zero attached hydrogens (tertiary/aromatic N) is 1. The Morgan fingerprint density at radius 2 is 1.75 bits per heavy atom. The molecule has 182 valence electrons. The van der Waals surface area contributed by atoms with Crippen molar-refractivity contribution in [3.05, 3.63) is 0 Å². The van der Waals surface area contributed by atoms with E-state index >= 15 is 0 Å². The fraction of sp³-hybridized carbons (Fsp3) is 0.762. The lowest BCUT2D eigenvalue weighted by Crippen LogP contribution is -2.57. The van der Waals surface area contributed by atoms with Gasteiger partial charge in [0.1, 0.15) is 18.1 Å². The van der Waals surface area contributed by atoms with E-state index < -0.39 is 53.8 Å². The molecule has 0 aromatic carbocycles. The van der Waals surface area contributed by atoms with E-state index in [0.29, 0.717) is 19.3 Å². The van der Waals surface area contributed by atoms with Gasteiger partial charge in [-0.15, -0.1) is 0 Å². The van der Waals surface area contributed by atoms with Gasteiger partial charge >= 0.3 is 5.97 Å². The maximum atomic E-state index is 13.2. The molecule has 1 aliphatic heterocycles. The van der Waals surface area contributed by atoms with Crippen molar-refractivity contribution < 1.29 is 29.1 Å². The van der Waals surface area contributed by atoms with Crippen LogP contribution in [0.5, 0.6) is 0 Å². The largest absolute Gasteiger partial charge is 0.480 e. The Kier molecular flexibility index (Phi) is 10.6. The van der Waals surface area contributed by atoms with E-state index in [1.54, 1.807) is 13.8 Å². The van der Waals surface area contributed by atoms with Crippen LogP contribution in [0.3, 0.4) is 0 Å². The molecule has 0 bridgehead atoms. The fourth-order valence-corrected chi connectivity index (χ4v) is 3.59. The van der Waals surface area contributed by atoms with Gasteiger partial charge < -0.3 is 32.1 Å². The first-order valence-corrected chi connectivity index (χ1v) is 11.1. The summed E-state index contributed by atoms with van der Waals surface area (Å²) >= 11 is 0. The summed E-state index contributed by atoms with van der Waals surface area (Å²) in [5.41, 5.74) is 11.2. The molecule has 0 aromatic heterocycles. The molecule has 0 aliphatic carbocycles. The van der Waals surface area contributed by atoms with E-state index in [2.05, 4.69) is 10.6 Å². The Hall–Kier alpha value is -2.69. The summed E-state index contributed by atoms with van der Waals surface area (Å²) in [6, 6.07) is -3.85. The molecule has 1 heterocycles. The van der Waals surface area contributed by atoms with Gasteiger partial charge in [0.15, 0.2) is 0 Å². The van der Waals surface area contributed by atoms with Crippen molar-refractivity contribution in [2.75, 3.05) is 6.54 Å². The summed E-state index contributed by atoms with van der Waals surface area (Å²) < 4.78 is 0. The highest BCUT2D eigenvalue weighted by molar-refractivity contribution is 5.94. The Labute approximate surface area is 188 Å². The van der Waals surface area contributed by atoms with Crippen molar-refractivity contribution in [1.29, 1.82) is 0 Å². The molecule has 0 radical (unpaired) electrons. The van der Waals surface area contributed by atoms with Crippen molar-refractivity contribution in [1.82, 2.24) is 15.5 Å². The van der Waals surface area contributed by atoms with E-state index in [9.17, 15) is 29.1 Å². The summed E-state index contributed by atoms with van der Waals surface area (Å²) in [4.78, 5) is 62.6. The molecule has 32 heavy (non-hydrogen) atoms. The van der Waals surface area contributed by atoms with Crippen LogP contribution in [0.2, 0.25) is 0 Å². The van der Waals surface area contributed by atoms with Crippen LogP contribution in [0.1, 0.15) is 59.8 Å². The molecule has 5 atom stereocenters. The Balaban J connectivity index is 3.00. The van der Waals surface area contributed by atoms with E-state index in [1.165, 1.54) is 4.90 Å². The molecule has 4 amide bonds. The van der Waals surface area contributed by atoms with Gasteiger partial charge in [0.2, 0.25) is 23.6 Å². The van der Waals surface area contributed by atoms with Crippen LogP contribution in [0.15, 0.2) is 0 Å². The number of carboxylic acid groups (broad SMARTS) is 1. The third kappa shape index (κ3) is 7.47. The number of carbonyl (C=O) groups is 5. The number of nitrogens with one attached hydrogen (secondary N) is 2. The van der Waals surface area contributed by atoms with Crippen molar-refractivity contribution in [2.45, 2.75) is 84.0 Å². The lowest BCUT2D eigenvalue weighted by atomic mass is 9.98. The normalized spacial score (nSPS) is 19.7. The lowest BCUT2D eigenvalue weighted by Gasteiger charge is -2.30. The number of likely N-dealkylation sites (tertiary alicyclic amines) is 1. The van der Waals surface area contributed by atoms with Gasteiger partial charge in [-0.1, -0.05) is 34.1 Å². The van der Waals surface area contributed by atoms with Crippen molar-refractivity contribution >= 4 is 29.6 Å². The number of carbonyl (C=O) groups excluding carboxylic acids is 4. The summed E-state index contributed by atoms with van der Waals surface area (Å²) in [5.74, 6) is -3.84. The molecule has 0 saturated carbocycles. The molecular formula is C21H37N5O6. The number of amides is 4. The van der Waals surface area contributed by atoms with E-state index in [-0.39, 0.29) is 31.2 Å². The minimum Gasteiger partial charge on any atom is -0.480 e. The molecule has 0 spiro atoms. The second-order valence-corrected chi connectivity index (χ2v) is 8.74. The maximum Gasteiger partial charge on any atom is 0.326 e. The summed E-state index contributed by atoms with van der Waals surface area (Å²) in [6.07, 6.45) is 1.43. The van der Waals surface area contributed by atoms with Gasteiger partial charge in [-0.25, -0.2) is 4.79 Å². The van der Waals surface area contributed by atoms with Crippen LogP contribution < -0.4 is 22.1 Å². The first kappa shape index (κ1) is 27.3. The number of aliphatic carboxylic acids is 1. The summed E-state index contributed by atoms with van der Waals surface area (Å²) in [7, 11) is 0. The van der Waals surface area contributed by atoms with E-state index in [1.807, 2.05) is 13.8 Å². The minimum atomic E-state index is -1.16. The number of carboxylic acids is 1. The van der Waals surface area contributed by atoms with Crippen LogP contribution in [-0.2, 0) is 24.0 Å². The van der Waals surface area contributed by atoms with Crippen LogP contribution >= 0.6 is 0 Å². The molecule has 1 rings (SSSR count). The number of rotatable bonds is 12. The highest BCUT2D eigenvalue weighted by Crippen LogP contribution is 2.20. The molecule has 0 aromatic rings. The molecule has 5 unspecified atom stereocenters. The second kappa shape index (κ2) is 12.4. The average Bonchev–Trinajstić information content (AvgIpc) is 3.22. The molecular weight excluding hydrogens is 418 g/mol. The molecule has 7 N–H and O–H groups in total. The first-order valence-electron chi connectivity index (χ1n) is 11.1. The first-order chi connectivity index (χ1) is 14.9. The maximum absolute atomic E-state index is 13.2. The van der Waals surface area contributed by atoms with Crippen molar-refractivity contribution in [2.24, 2.45) is 23.3 Å². The van der Waals surface area contributed by atoms with E-state index in [0.717, 1.165) is 0 Å². The third-order valence-electron chi connectivity index (χ3n) is 5.92. The number of hydrogen-bond acceptors (Lipinski definition) is 6. The summed E-state index contributed by atoms with van der Waals surface area (Å²) in [5, 5.41) is 14.5. The van der Waals surface area contributed by atoms with Gasteiger partial charge in [0, 0.05) is 13.0 Å². The topological polar surface area (TPSA) is 185 Å². The third-order valence-corrected chi connectivity index (χ3v) is 5.92. The highest BCUT2D eigenvalue weighted by Gasteiger charge is 2.39. The molecule has 1 saturated heterocycles. The van der Waals surface area contributed by atoms with Gasteiger partial charge in [0.25, 0.3) is 0 Å². The monoisotopic (exact) mass is 455 g/mol. The zero-order valence-electron chi connectivity index (χ0n) is 19.3.